The van der Waals surface area contributed by atoms with Crippen LogP contribution in [0.4, 0.5) is 4.39 Å². The number of nitrogens with zero attached hydrogens (tertiary/aromatic N) is 2. The normalized spacial score (nSPS) is 10.5. The fraction of sp³-hybridized carbons (Fsp3) is 0.0556. The number of halogens is 1. The second-order valence-corrected chi connectivity index (χ2v) is 5.08. The van der Waals surface area contributed by atoms with E-state index in [-0.39, 0.29) is 5.56 Å². The Kier molecular flexibility index (Phi) is 3.85. The number of rotatable bonds is 3. The average Bonchev–Trinajstić information content (AvgIpc) is 2.54. The van der Waals surface area contributed by atoms with Crippen molar-refractivity contribution in [3.05, 3.63) is 71.7 Å². The van der Waals surface area contributed by atoms with Crippen molar-refractivity contribution in [2.24, 2.45) is 0 Å². The maximum absolute atomic E-state index is 13.9. The molecular weight excluding hydrogens is 295 g/mol. The molecule has 0 aliphatic rings. The predicted molar refractivity (Wildman–Crippen MR) is 84.6 cm³/mol. The highest BCUT2D eigenvalue weighted by Crippen LogP contribution is 2.24. The molecule has 0 amide bonds. The SMILES string of the molecule is Cc1cc(-c2ccc(C(=O)O)c(F)c2)nc(-c2ccccc2)n1. The molecule has 2 aromatic carbocycles. The smallest absolute Gasteiger partial charge is 0.338 e. The highest BCUT2D eigenvalue weighted by atomic mass is 19.1. The number of aryl methyl sites for hydroxylation is 1. The van der Waals surface area contributed by atoms with E-state index in [0.717, 1.165) is 11.3 Å². The molecule has 0 spiro atoms. The molecule has 0 atom stereocenters. The van der Waals surface area contributed by atoms with Gasteiger partial charge in [-0.25, -0.2) is 19.2 Å². The van der Waals surface area contributed by atoms with Crippen molar-refractivity contribution in [3.8, 4) is 22.6 Å². The van der Waals surface area contributed by atoms with Crippen LogP contribution >= 0.6 is 0 Å². The van der Waals surface area contributed by atoms with E-state index >= 15 is 0 Å². The monoisotopic (exact) mass is 308 g/mol. The second-order valence-electron chi connectivity index (χ2n) is 5.08. The van der Waals surface area contributed by atoms with Gasteiger partial charge in [0.1, 0.15) is 5.82 Å². The van der Waals surface area contributed by atoms with Crippen LogP contribution in [-0.2, 0) is 0 Å². The lowest BCUT2D eigenvalue weighted by molar-refractivity contribution is 0.0692. The van der Waals surface area contributed by atoms with Crippen LogP contribution in [0.5, 0.6) is 0 Å². The Hall–Kier alpha value is -3.08. The van der Waals surface area contributed by atoms with E-state index in [1.165, 1.54) is 12.1 Å². The maximum atomic E-state index is 13.9. The van der Waals surface area contributed by atoms with Crippen LogP contribution in [0.3, 0.4) is 0 Å². The number of carboxylic acid groups (broad SMARTS) is 1. The van der Waals surface area contributed by atoms with Crippen LogP contribution in [0.1, 0.15) is 16.1 Å². The van der Waals surface area contributed by atoms with E-state index in [1.54, 1.807) is 12.1 Å². The molecule has 1 N–H and O–H groups in total. The summed E-state index contributed by atoms with van der Waals surface area (Å²) in [6.45, 7) is 1.83. The molecule has 1 heterocycles. The van der Waals surface area contributed by atoms with Crippen molar-refractivity contribution in [2.45, 2.75) is 6.92 Å². The van der Waals surface area contributed by atoms with Gasteiger partial charge in [-0.2, -0.15) is 0 Å². The zero-order valence-electron chi connectivity index (χ0n) is 12.3. The summed E-state index contributed by atoms with van der Waals surface area (Å²) in [5.41, 5.74) is 2.31. The molecule has 5 heteroatoms. The molecule has 0 unspecified atom stereocenters. The van der Waals surface area contributed by atoms with E-state index < -0.39 is 11.8 Å². The molecule has 4 nitrogen and oxygen atoms in total. The summed E-state index contributed by atoms with van der Waals surface area (Å²) in [7, 11) is 0. The van der Waals surface area contributed by atoms with Gasteiger partial charge in [-0.05, 0) is 25.1 Å². The lowest BCUT2D eigenvalue weighted by atomic mass is 10.1. The van der Waals surface area contributed by atoms with Gasteiger partial charge in [0.25, 0.3) is 0 Å². The van der Waals surface area contributed by atoms with E-state index in [0.29, 0.717) is 17.1 Å². The second kappa shape index (κ2) is 5.96. The van der Waals surface area contributed by atoms with Gasteiger partial charge >= 0.3 is 5.97 Å². The lowest BCUT2D eigenvalue weighted by Gasteiger charge is -2.07. The van der Waals surface area contributed by atoms with Crippen molar-refractivity contribution in [1.82, 2.24) is 9.97 Å². The molecule has 0 aliphatic heterocycles. The number of carbonyl (C=O) groups is 1. The summed E-state index contributed by atoms with van der Waals surface area (Å²) in [6.07, 6.45) is 0. The van der Waals surface area contributed by atoms with Crippen LogP contribution in [-0.4, -0.2) is 21.0 Å². The highest BCUT2D eigenvalue weighted by molar-refractivity contribution is 5.88. The van der Waals surface area contributed by atoms with E-state index in [9.17, 15) is 9.18 Å². The first-order chi connectivity index (χ1) is 11.0. The Labute approximate surface area is 132 Å². The zero-order chi connectivity index (χ0) is 16.4. The summed E-state index contributed by atoms with van der Waals surface area (Å²) in [6, 6.07) is 15.2. The summed E-state index contributed by atoms with van der Waals surface area (Å²) in [5.74, 6) is -1.53. The first kappa shape index (κ1) is 14.8. The van der Waals surface area contributed by atoms with Crippen LogP contribution < -0.4 is 0 Å². The fourth-order valence-electron chi connectivity index (χ4n) is 2.28. The van der Waals surface area contributed by atoms with E-state index in [2.05, 4.69) is 9.97 Å². The Bertz CT molecular complexity index is 879. The third-order valence-corrected chi connectivity index (χ3v) is 3.38. The third-order valence-electron chi connectivity index (χ3n) is 3.38. The molecule has 0 bridgehead atoms. The molecule has 0 fully saturated rings. The maximum Gasteiger partial charge on any atom is 0.338 e. The van der Waals surface area contributed by atoms with Gasteiger partial charge in [-0.15, -0.1) is 0 Å². The number of benzene rings is 2. The number of hydrogen-bond acceptors (Lipinski definition) is 3. The van der Waals surface area contributed by atoms with Gasteiger partial charge in [-0.1, -0.05) is 36.4 Å². The summed E-state index contributed by atoms with van der Waals surface area (Å²) in [4.78, 5) is 19.8. The Balaban J connectivity index is 2.09. The molecular formula is C18H13FN2O2. The molecule has 1 aromatic heterocycles. The minimum Gasteiger partial charge on any atom is -0.478 e. The Morgan fingerprint density at radius 1 is 1.00 bits per heavy atom. The third kappa shape index (κ3) is 3.08. The number of aromatic nitrogens is 2. The van der Waals surface area contributed by atoms with Crippen LogP contribution in [0.25, 0.3) is 22.6 Å². The predicted octanol–water partition coefficient (Wildman–Crippen LogP) is 3.96. The van der Waals surface area contributed by atoms with Crippen LogP contribution in [0, 0.1) is 12.7 Å². The van der Waals surface area contributed by atoms with E-state index in [1.807, 2.05) is 37.3 Å². The number of carboxylic acids is 1. The highest BCUT2D eigenvalue weighted by Gasteiger charge is 2.13. The quantitative estimate of drug-likeness (QED) is 0.795. The van der Waals surface area contributed by atoms with Crippen molar-refractivity contribution in [2.75, 3.05) is 0 Å². The minimum atomic E-state index is -1.29. The largest absolute Gasteiger partial charge is 0.478 e. The van der Waals surface area contributed by atoms with Gasteiger partial charge in [0.2, 0.25) is 0 Å². The van der Waals surface area contributed by atoms with Crippen molar-refractivity contribution >= 4 is 5.97 Å². The van der Waals surface area contributed by atoms with Crippen LogP contribution in [0.15, 0.2) is 54.6 Å². The first-order valence-electron chi connectivity index (χ1n) is 6.99. The summed E-state index contributed by atoms with van der Waals surface area (Å²) < 4.78 is 13.9. The summed E-state index contributed by atoms with van der Waals surface area (Å²) >= 11 is 0. The van der Waals surface area contributed by atoms with Crippen molar-refractivity contribution < 1.29 is 14.3 Å². The average molecular weight is 308 g/mol. The summed E-state index contributed by atoms with van der Waals surface area (Å²) in [5, 5.41) is 8.90. The van der Waals surface area contributed by atoms with Gasteiger partial charge < -0.3 is 5.11 Å². The molecule has 23 heavy (non-hydrogen) atoms. The minimum absolute atomic E-state index is 0.359. The number of hydrogen-bond donors (Lipinski definition) is 1. The standard InChI is InChI=1S/C18H13FN2O2/c1-11-9-16(13-7-8-14(18(22)23)15(19)10-13)21-17(20-11)12-5-3-2-4-6-12/h2-10H,1H3,(H,22,23). The molecule has 0 radical (unpaired) electrons. The van der Waals surface area contributed by atoms with E-state index in [4.69, 9.17) is 5.11 Å². The zero-order valence-corrected chi connectivity index (χ0v) is 12.3. The van der Waals surface area contributed by atoms with Crippen LogP contribution in [0.2, 0.25) is 0 Å². The van der Waals surface area contributed by atoms with Gasteiger partial charge in [0, 0.05) is 16.8 Å². The number of aromatic carboxylic acids is 1. The topological polar surface area (TPSA) is 63.1 Å². The van der Waals surface area contributed by atoms with Gasteiger partial charge in [0.05, 0.1) is 11.3 Å². The van der Waals surface area contributed by atoms with Gasteiger partial charge in [0.15, 0.2) is 5.82 Å². The molecule has 0 saturated heterocycles. The van der Waals surface area contributed by atoms with Gasteiger partial charge in [-0.3, -0.25) is 0 Å². The molecule has 3 rings (SSSR count). The fourth-order valence-corrected chi connectivity index (χ4v) is 2.28. The molecule has 114 valence electrons. The lowest BCUT2D eigenvalue weighted by Crippen LogP contribution is -2.01. The van der Waals surface area contributed by atoms with Crippen molar-refractivity contribution in [3.63, 3.8) is 0 Å². The molecule has 3 aromatic rings. The molecule has 0 saturated carbocycles. The Morgan fingerprint density at radius 2 is 1.74 bits per heavy atom. The Morgan fingerprint density at radius 3 is 2.39 bits per heavy atom. The molecule has 0 aliphatic carbocycles. The first-order valence-corrected chi connectivity index (χ1v) is 6.99. The van der Waals surface area contributed by atoms with Crippen molar-refractivity contribution in [1.29, 1.82) is 0 Å².